The minimum absolute atomic E-state index is 0.0400. The van der Waals surface area contributed by atoms with Crippen LogP contribution in [0.5, 0.6) is 0 Å². The molecule has 0 unspecified atom stereocenters. The molecule has 3 aromatic rings. The highest BCUT2D eigenvalue weighted by molar-refractivity contribution is 7.96. The minimum atomic E-state index is -4.24. The van der Waals surface area contributed by atoms with Gasteiger partial charge in [-0.1, -0.05) is 29.8 Å². The summed E-state index contributed by atoms with van der Waals surface area (Å²) in [6, 6.07) is 14.7. The number of benzene rings is 3. The van der Waals surface area contributed by atoms with E-state index in [2.05, 4.69) is 0 Å². The maximum absolute atomic E-state index is 14.2. The highest BCUT2D eigenvalue weighted by Crippen LogP contribution is 2.41. The largest absolute Gasteiger partial charge is 0.462 e. The van der Waals surface area contributed by atoms with Gasteiger partial charge in [-0.2, -0.15) is 0 Å². The number of rotatable bonds is 5. The molecular weight excluding hydrogens is 457 g/mol. The van der Waals surface area contributed by atoms with Gasteiger partial charge >= 0.3 is 5.97 Å². The van der Waals surface area contributed by atoms with E-state index in [4.69, 9.17) is 4.74 Å². The summed E-state index contributed by atoms with van der Waals surface area (Å²) >= 11 is 0. The maximum atomic E-state index is 14.2. The number of carbonyl (C=O) groups excluding carboxylic acids is 2. The van der Waals surface area contributed by atoms with Crippen LogP contribution >= 0.6 is 0 Å². The Balaban J connectivity index is 1.92. The van der Waals surface area contributed by atoms with Gasteiger partial charge in [0.25, 0.3) is 0 Å². The Morgan fingerprint density at radius 2 is 1.76 bits per heavy atom. The molecule has 1 aliphatic rings. The van der Waals surface area contributed by atoms with Crippen LogP contribution in [-0.4, -0.2) is 26.8 Å². The molecule has 1 heterocycles. The summed E-state index contributed by atoms with van der Waals surface area (Å²) in [6.07, 6.45) is 1.18. The zero-order valence-corrected chi connectivity index (χ0v) is 19.6. The molecule has 0 saturated heterocycles. The van der Waals surface area contributed by atoms with Crippen molar-refractivity contribution in [1.29, 1.82) is 0 Å². The summed E-state index contributed by atoms with van der Waals surface area (Å²) in [5.74, 6) is -1.86. The fourth-order valence-electron chi connectivity index (χ4n) is 3.87. The van der Waals surface area contributed by atoms with Crippen LogP contribution in [0.4, 0.5) is 15.8 Å². The topological polar surface area (TPSA) is 80.8 Å². The van der Waals surface area contributed by atoms with Crippen LogP contribution in [0.1, 0.15) is 38.8 Å². The first-order valence-corrected chi connectivity index (χ1v) is 12.1. The minimum Gasteiger partial charge on any atom is -0.462 e. The number of esters is 1. The Labute approximate surface area is 197 Å². The number of ketones is 1. The van der Waals surface area contributed by atoms with E-state index in [0.717, 1.165) is 23.8 Å². The van der Waals surface area contributed by atoms with Crippen LogP contribution in [0.3, 0.4) is 0 Å². The average molecular weight is 480 g/mol. The van der Waals surface area contributed by atoms with Gasteiger partial charge in [-0.05, 0) is 62.7 Å². The molecule has 0 N–H and O–H groups in total. The number of Topliss-reactive ketones (excluding diaryl/α,β-unsaturated/α-hetero) is 1. The lowest BCUT2D eigenvalue weighted by molar-refractivity contribution is 0.0526. The molecule has 174 valence electrons. The molecule has 0 amide bonds. The van der Waals surface area contributed by atoms with Crippen LogP contribution in [0.2, 0.25) is 0 Å². The average Bonchev–Trinajstić information content (AvgIpc) is 2.79. The summed E-state index contributed by atoms with van der Waals surface area (Å²) in [5, 5.41) is 0. The number of hydrogen-bond acceptors (Lipinski definition) is 6. The molecule has 0 spiro atoms. The predicted molar refractivity (Wildman–Crippen MR) is 126 cm³/mol. The van der Waals surface area contributed by atoms with E-state index in [-0.39, 0.29) is 28.3 Å². The first-order chi connectivity index (χ1) is 16.1. The number of carbonyl (C=O) groups is 2. The SMILES string of the molecule is CCOC(=O)c1cccc(N2C=C(C(=O)c3ccc(C)cc3C)S(=O)(=O)c3ccc(F)cc32)c1. The van der Waals surface area contributed by atoms with Gasteiger partial charge in [0.1, 0.15) is 10.7 Å². The van der Waals surface area contributed by atoms with E-state index in [9.17, 15) is 22.4 Å². The van der Waals surface area contributed by atoms with Gasteiger partial charge in [0.2, 0.25) is 15.6 Å². The van der Waals surface area contributed by atoms with Crippen molar-refractivity contribution in [2.24, 2.45) is 0 Å². The second-order valence-corrected chi connectivity index (χ2v) is 9.78. The number of ether oxygens (including phenoxy) is 1. The van der Waals surface area contributed by atoms with Crippen molar-refractivity contribution >= 4 is 33.0 Å². The number of anilines is 2. The number of allylic oxidation sites excluding steroid dienone is 1. The van der Waals surface area contributed by atoms with E-state index >= 15 is 0 Å². The smallest absolute Gasteiger partial charge is 0.338 e. The molecule has 0 aliphatic carbocycles. The summed E-state index contributed by atoms with van der Waals surface area (Å²) in [7, 11) is -4.24. The molecule has 0 aromatic heterocycles. The van der Waals surface area contributed by atoms with E-state index in [1.807, 2.05) is 6.92 Å². The summed E-state index contributed by atoms with van der Waals surface area (Å²) in [4.78, 5) is 26.4. The number of halogens is 1. The Kier molecular flexibility index (Phi) is 6.10. The molecule has 4 rings (SSSR count). The van der Waals surface area contributed by atoms with Crippen molar-refractivity contribution < 1.29 is 27.1 Å². The molecule has 3 aromatic carbocycles. The van der Waals surface area contributed by atoms with Gasteiger partial charge in [0.05, 0.1) is 22.8 Å². The van der Waals surface area contributed by atoms with Crippen LogP contribution in [0.15, 0.2) is 76.7 Å². The highest BCUT2D eigenvalue weighted by atomic mass is 32.2. The lowest BCUT2D eigenvalue weighted by Crippen LogP contribution is -2.26. The van der Waals surface area contributed by atoms with Gasteiger partial charge in [0, 0.05) is 17.5 Å². The first-order valence-electron chi connectivity index (χ1n) is 10.6. The monoisotopic (exact) mass is 479 g/mol. The van der Waals surface area contributed by atoms with Gasteiger partial charge in [0.15, 0.2) is 0 Å². The number of fused-ring (bicyclic) bond motifs is 1. The third-order valence-electron chi connectivity index (χ3n) is 5.49. The molecule has 1 aliphatic heterocycles. The molecule has 0 saturated carbocycles. The molecule has 34 heavy (non-hydrogen) atoms. The van der Waals surface area contributed by atoms with Gasteiger partial charge in [-0.15, -0.1) is 0 Å². The highest BCUT2D eigenvalue weighted by Gasteiger charge is 2.37. The number of hydrogen-bond donors (Lipinski definition) is 0. The van der Waals surface area contributed by atoms with Crippen molar-refractivity contribution in [3.8, 4) is 0 Å². The third kappa shape index (κ3) is 4.12. The Hall–Kier alpha value is -3.78. The van der Waals surface area contributed by atoms with E-state index in [1.54, 1.807) is 50.2 Å². The van der Waals surface area contributed by atoms with E-state index in [1.165, 1.54) is 17.2 Å². The van der Waals surface area contributed by atoms with Crippen molar-refractivity contribution in [2.45, 2.75) is 25.7 Å². The molecular formula is C26H22FNO5S. The summed E-state index contributed by atoms with van der Waals surface area (Å²) < 4.78 is 46.1. The van der Waals surface area contributed by atoms with Crippen molar-refractivity contribution in [1.82, 2.24) is 0 Å². The van der Waals surface area contributed by atoms with Crippen LogP contribution in [0.25, 0.3) is 0 Å². The molecule has 0 fully saturated rings. The van der Waals surface area contributed by atoms with Crippen LogP contribution in [-0.2, 0) is 14.6 Å². The van der Waals surface area contributed by atoms with Crippen LogP contribution in [0, 0.1) is 19.7 Å². The van der Waals surface area contributed by atoms with Gasteiger partial charge < -0.3 is 9.64 Å². The first kappa shape index (κ1) is 23.4. The quantitative estimate of drug-likeness (QED) is 0.282. The maximum Gasteiger partial charge on any atom is 0.338 e. The molecule has 0 bridgehead atoms. The Morgan fingerprint density at radius 1 is 1.00 bits per heavy atom. The van der Waals surface area contributed by atoms with Gasteiger partial charge in [-0.3, -0.25) is 4.79 Å². The van der Waals surface area contributed by atoms with Crippen LogP contribution < -0.4 is 4.90 Å². The molecule has 8 heteroatoms. The fraction of sp³-hybridized carbons (Fsp3) is 0.154. The summed E-state index contributed by atoms with van der Waals surface area (Å²) in [6.45, 7) is 5.48. The van der Waals surface area contributed by atoms with Gasteiger partial charge in [-0.25, -0.2) is 17.6 Å². The van der Waals surface area contributed by atoms with Crippen molar-refractivity contribution in [3.05, 3.63) is 99.8 Å². The fourth-order valence-corrected chi connectivity index (χ4v) is 5.39. The normalized spacial score (nSPS) is 14.2. The molecule has 0 atom stereocenters. The van der Waals surface area contributed by atoms with E-state index in [0.29, 0.717) is 11.3 Å². The molecule has 0 radical (unpaired) electrons. The second kappa shape index (κ2) is 8.87. The standard InChI is InChI=1S/C26H22FNO5S/c1-4-33-26(30)18-6-5-7-20(13-18)28-15-24(25(29)21-10-8-16(2)12-17(21)3)34(31,32)23-11-9-19(27)14-22(23)28/h5-15H,4H2,1-3H3. The number of sulfone groups is 1. The summed E-state index contributed by atoms with van der Waals surface area (Å²) in [5.41, 5.74) is 2.48. The number of nitrogens with zero attached hydrogens (tertiary/aromatic N) is 1. The van der Waals surface area contributed by atoms with E-state index < -0.39 is 32.3 Å². The zero-order valence-electron chi connectivity index (χ0n) is 18.8. The molecule has 6 nitrogen and oxygen atoms in total. The number of aryl methyl sites for hydroxylation is 2. The Morgan fingerprint density at radius 3 is 2.47 bits per heavy atom. The predicted octanol–water partition coefficient (Wildman–Crippen LogP) is 5.27. The lowest BCUT2D eigenvalue weighted by Gasteiger charge is -2.29. The Bertz CT molecular complexity index is 1460. The third-order valence-corrected chi connectivity index (χ3v) is 7.29. The van der Waals surface area contributed by atoms with Crippen molar-refractivity contribution in [2.75, 3.05) is 11.5 Å². The lowest BCUT2D eigenvalue weighted by atomic mass is 10.0. The van der Waals surface area contributed by atoms with Crippen molar-refractivity contribution in [3.63, 3.8) is 0 Å². The zero-order chi connectivity index (χ0) is 24.6. The second-order valence-electron chi connectivity index (χ2n) is 7.90.